The molecule has 0 amide bonds. The van der Waals surface area contributed by atoms with E-state index < -0.39 is 0 Å². The summed E-state index contributed by atoms with van der Waals surface area (Å²) in [6.07, 6.45) is 2.77. The van der Waals surface area contributed by atoms with Crippen LogP contribution in [0.3, 0.4) is 0 Å². The number of ether oxygens (including phenoxy) is 1. The Labute approximate surface area is 138 Å². The molecular weight excluding hydrogens is 354 g/mol. The summed E-state index contributed by atoms with van der Waals surface area (Å²) in [6, 6.07) is 5.88. The van der Waals surface area contributed by atoms with E-state index in [2.05, 4.69) is 39.3 Å². The van der Waals surface area contributed by atoms with Crippen molar-refractivity contribution in [3.63, 3.8) is 0 Å². The highest BCUT2D eigenvalue weighted by Crippen LogP contribution is 2.32. The minimum Gasteiger partial charge on any atom is -0.493 e. The van der Waals surface area contributed by atoms with Gasteiger partial charge in [-0.05, 0) is 36.7 Å². The molecule has 0 spiro atoms. The Balaban J connectivity index is 2.49. The first-order chi connectivity index (χ1) is 10.1. The maximum absolute atomic E-state index is 6.19. The largest absolute Gasteiger partial charge is 0.493 e. The molecule has 6 heteroatoms. The second-order valence-corrected chi connectivity index (χ2v) is 6.16. The van der Waals surface area contributed by atoms with Crippen LogP contribution < -0.4 is 10.1 Å². The van der Waals surface area contributed by atoms with E-state index in [-0.39, 0.29) is 6.04 Å². The van der Waals surface area contributed by atoms with Gasteiger partial charge in [0.15, 0.2) is 5.75 Å². The van der Waals surface area contributed by atoms with E-state index in [1.54, 1.807) is 13.3 Å². The van der Waals surface area contributed by atoms with Crippen LogP contribution in [0.5, 0.6) is 5.75 Å². The Bertz CT molecular complexity index is 595. The van der Waals surface area contributed by atoms with E-state index in [4.69, 9.17) is 16.3 Å². The van der Waals surface area contributed by atoms with Crippen LogP contribution in [0.25, 0.3) is 0 Å². The molecule has 1 unspecified atom stereocenters. The molecule has 1 N–H and O–H groups in total. The number of halogens is 2. The van der Waals surface area contributed by atoms with Crippen LogP contribution in [-0.2, 0) is 7.05 Å². The SMILES string of the molecule is CCCNC(c1cc(Cl)cc(Br)c1)c1c(OC)cnn1C. The molecule has 0 fully saturated rings. The van der Waals surface area contributed by atoms with Gasteiger partial charge in [-0.15, -0.1) is 0 Å². The van der Waals surface area contributed by atoms with Gasteiger partial charge in [-0.25, -0.2) is 0 Å². The Morgan fingerprint density at radius 2 is 2.19 bits per heavy atom. The molecule has 2 aromatic rings. The molecule has 0 aliphatic carbocycles. The standard InChI is InChI=1S/C15H19BrClN3O/c1-4-5-18-14(10-6-11(16)8-12(17)7-10)15-13(21-3)9-19-20(15)2/h6-9,14,18H,4-5H2,1-3H3. The molecular formula is C15H19BrClN3O. The first kappa shape index (κ1) is 16.3. The smallest absolute Gasteiger partial charge is 0.161 e. The van der Waals surface area contributed by atoms with Crippen LogP contribution in [0, 0.1) is 0 Å². The lowest BCUT2D eigenvalue weighted by molar-refractivity contribution is 0.400. The predicted octanol–water partition coefficient (Wildman–Crippen LogP) is 3.93. The fourth-order valence-electron chi connectivity index (χ4n) is 2.32. The van der Waals surface area contributed by atoms with Gasteiger partial charge < -0.3 is 10.1 Å². The summed E-state index contributed by atoms with van der Waals surface area (Å²) < 4.78 is 8.23. The average Bonchev–Trinajstić information content (AvgIpc) is 2.80. The summed E-state index contributed by atoms with van der Waals surface area (Å²) in [4.78, 5) is 0. The molecule has 0 bridgehead atoms. The van der Waals surface area contributed by atoms with Gasteiger partial charge in [-0.3, -0.25) is 4.68 Å². The van der Waals surface area contributed by atoms with Crippen molar-refractivity contribution in [1.82, 2.24) is 15.1 Å². The van der Waals surface area contributed by atoms with Crippen LogP contribution >= 0.6 is 27.5 Å². The Kier molecular flexibility index (Phi) is 5.67. The maximum atomic E-state index is 6.19. The molecule has 1 heterocycles. The van der Waals surface area contributed by atoms with Crippen molar-refractivity contribution in [3.8, 4) is 5.75 Å². The third kappa shape index (κ3) is 3.78. The van der Waals surface area contributed by atoms with Gasteiger partial charge in [0.05, 0.1) is 19.3 Å². The zero-order valence-corrected chi connectivity index (χ0v) is 14.7. The summed E-state index contributed by atoms with van der Waals surface area (Å²) in [5, 5.41) is 8.53. The van der Waals surface area contributed by atoms with Crippen molar-refractivity contribution in [2.45, 2.75) is 19.4 Å². The highest BCUT2D eigenvalue weighted by atomic mass is 79.9. The fourth-order valence-corrected chi connectivity index (χ4v) is 3.20. The maximum Gasteiger partial charge on any atom is 0.161 e. The molecule has 0 saturated heterocycles. The van der Waals surface area contributed by atoms with E-state index >= 15 is 0 Å². The zero-order chi connectivity index (χ0) is 15.4. The van der Waals surface area contributed by atoms with Crippen LogP contribution in [0.4, 0.5) is 0 Å². The van der Waals surface area contributed by atoms with Gasteiger partial charge in [0.25, 0.3) is 0 Å². The predicted molar refractivity (Wildman–Crippen MR) is 89.0 cm³/mol. The number of hydrogen-bond acceptors (Lipinski definition) is 3. The molecule has 21 heavy (non-hydrogen) atoms. The first-order valence-electron chi connectivity index (χ1n) is 6.82. The van der Waals surface area contributed by atoms with Gasteiger partial charge in [0.2, 0.25) is 0 Å². The molecule has 1 aromatic carbocycles. The summed E-state index contributed by atoms with van der Waals surface area (Å²) in [7, 11) is 3.57. The number of methoxy groups -OCH3 is 1. The molecule has 0 radical (unpaired) electrons. The highest BCUT2D eigenvalue weighted by Gasteiger charge is 2.22. The van der Waals surface area contributed by atoms with Gasteiger partial charge >= 0.3 is 0 Å². The number of nitrogens with one attached hydrogen (secondary N) is 1. The Morgan fingerprint density at radius 1 is 1.43 bits per heavy atom. The van der Waals surface area contributed by atoms with E-state index in [1.165, 1.54) is 0 Å². The Morgan fingerprint density at radius 3 is 2.81 bits per heavy atom. The summed E-state index contributed by atoms with van der Waals surface area (Å²) in [6.45, 7) is 3.03. The van der Waals surface area contributed by atoms with Gasteiger partial charge in [-0.2, -0.15) is 5.10 Å². The van der Waals surface area contributed by atoms with Crippen molar-refractivity contribution in [1.29, 1.82) is 0 Å². The van der Waals surface area contributed by atoms with Crippen LogP contribution in [0.1, 0.15) is 30.6 Å². The van der Waals surface area contributed by atoms with E-state index in [9.17, 15) is 0 Å². The lowest BCUT2D eigenvalue weighted by Crippen LogP contribution is -2.25. The molecule has 114 valence electrons. The quantitative estimate of drug-likeness (QED) is 0.835. The number of hydrogen-bond donors (Lipinski definition) is 1. The summed E-state index contributed by atoms with van der Waals surface area (Å²) in [5.41, 5.74) is 2.06. The zero-order valence-electron chi connectivity index (χ0n) is 12.4. The minimum absolute atomic E-state index is 0.0256. The van der Waals surface area contributed by atoms with Crippen molar-refractivity contribution in [2.24, 2.45) is 7.05 Å². The molecule has 0 saturated carbocycles. The second kappa shape index (κ2) is 7.29. The number of aromatic nitrogens is 2. The highest BCUT2D eigenvalue weighted by molar-refractivity contribution is 9.10. The average molecular weight is 373 g/mol. The van der Waals surface area contributed by atoms with Crippen LogP contribution in [-0.4, -0.2) is 23.4 Å². The van der Waals surface area contributed by atoms with Crippen molar-refractivity contribution in [3.05, 3.63) is 45.1 Å². The monoisotopic (exact) mass is 371 g/mol. The van der Waals surface area contributed by atoms with Gasteiger partial charge in [0.1, 0.15) is 5.69 Å². The van der Waals surface area contributed by atoms with Crippen molar-refractivity contribution >= 4 is 27.5 Å². The molecule has 0 aliphatic rings. The summed E-state index contributed by atoms with van der Waals surface area (Å²) in [5.74, 6) is 0.766. The number of rotatable bonds is 6. The molecule has 1 aromatic heterocycles. The number of benzene rings is 1. The van der Waals surface area contributed by atoms with Gasteiger partial charge in [0, 0.05) is 16.5 Å². The van der Waals surface area contributed by atoms with Crippen LogP contribution in [0.15, 0.2) is 28.9 Å². The first-order valence-corrected chi connectivity index (χ1v) is 7.99. The lowest BCUT2D eigenvalue weighted by atomic mass is 10.0. The normalized spacial score (nSPS) is 12.4. The van der Waals surface area contributed by atoms with E-state index in [0.29, 0.717) is 5.02 Å². The topological polar surface area (TPSA) is 39.1 Å². The van der Waals surface area contributed by atoms with E-state index in [1.807, 2.05) is 23.9 Å². The van der Waals surface area contributed by atoms with E-state index in [0.717, 1.165) is 34.4 Å². The molecule has 4 nitrogen and oxygen atoms in total. The van der Waals surface area contributed by atoms with Gasteiger partial charge in [-0.1, -0.05) is 34.5 Å². The molecule has 2 rings (SSSR count). The molecule has 1 atom stereocenters. The van der Waals surface area contributed by atoms with Crippen LogP contribution in [0.2, 0.25) is 5.02 Å². The Hall–Kier alpha value is -1.04. The summed E-state index contributed by atoms with van der Waals surface area (Å²) >= 11 is 9.69. The van der Waals surface area contributed by atoms with Crippen molar-refractivity contribution in [2.75, 3.05) is 13.7 Å². The number of nitrogens with zero attached hydrogens (tertiary/aromatic N) is 2. The third-order valence-electron chi connectivity index (χ3n) is 3.26. The molecule has 0 aliphatic heterocycles. The third-order valence-corrected chi connectivity index (χ3v) is 3.94. The number of aryl methyl sites for hydroxylation is 1. The second-order valence-electron chi connectivity index (χ2n) is 4.81. The fraction of sp³-hybridized carbons (Fsp3) is 0.400. The lowest BCUT2D eigenvalue weighted by Gasteiger charge is -2.21. The van der Waals surface area contributed by atoms with Crippen molar-refractivity contribution < 1.29 is 4.74 Å². The minimum atomic E-state index is -0.0256.